The van der Waals surface area contributed by atoms with E-state index in [2.05, 4.69) is 30.1 Å². The Bertz CT molecular complexity index is 435. The number of nitrogens with zero attached hydrogens (tertiary/aromatic N) is 2. The van der Waals surface area contributed by atoms with E-state index in [1.54, 1.807) is 0 Å². The van der Waals surface area contributed by atoms with Gasteiger partial charge in [-0.2, -0.15) is 10.2 Å². The van der Waals surface area contributed by atoms with Crippen molar-refractivity contribution in [2.45, 2.75) is 20.3 Å². The van der Waals surface area contributed by atoms with E-state index in [9.17, 15) is 0 Å². The van der Waals surface area contributed by atoms with Gasteiger partial charge in [0.1, 0.15) is 0 Å². The Morgan fingerprint density at radius 3 is 2.69 bits per heavy atom. The summed E-state index contributed by atoms with van der Waals surface area (Å²) >= 11 is 0. The second-order valence-corrected chi connectivity index (χ2v) is 3.14. The summed E-state index contributed by atoms with van der Waals surface area (Å²) in [7, 11) is 0. The van der Waals surface area contributed by atoms with Gasteiger partial charge in [0, 0.05) is 5.39 Å². The fourth-order valence-corrected chi connectivity index (χ4v) is 1.56. The summed E-state index contributed by atoms with van der Waals surface area (Å²) in [5.41, 5.74) is 3.34. The van der Waals surface area contributed by atoms with E-state index in [1.165, 1.54) is 10.9 Å². The molecule has 2 rings (SSSR count). The third kappa shape index (κ3) is 1.28. The maximum atomic E-state index is 4.17. The van der Waals surface area contributed by atoms with Gasteiger partial charge in [-0.3, -0.25) is 0 Å². The van der Waals surface area contributed by atoms with Gasteiger partial charge < -0.3 is 0 Å². The van der Waals surface area contributed by atoms with Gasteiger partial charge in [0.05, 0.1) is 11.2 Å². The summed E-state index contributed by atoms with van der Waals surface area (Å²) in [6.45, 7) is 4.21. The molecule has 0 fully saturated rings. The van der Waals surface area contributed by atoms with Crippen molar-refractivity contribution in [2.24, 2.45) is 0 Å². The third-order valence-corrected chi connectivity index (χ3v) is 2.35. The SMILES string of the molecule is CCc1nnc2ccccc2c1C. The topological polar surface area (TPSA) is 25.8 Å². The zero-order chi connectivity index (χ0) is 9.26. The lowest BCUT2D eigenvalue weighted by molar-refractivity contribution is 0.928. The molecule has 0 aliphatic rings. The highest BCUT2D eigenvalue weighted by Gasteiger charge is 2.03. The number of hydrogen-bond donors (Lipinski definition) is 0. The van der Waals surface area contributed by atoms with Gasteiger partial charge in [0.25, 0.3) is 0 Å². The first kappa shape index (κ1) is 8.17. The van der Waals surface area contributed by atoms with Crippen molar-refractivity contribution in [3.05, 3.63) is 35.5 Å². The Morgan fingerprint density at radius 2 is 1.92 bits per heavy atom. The zero-order valence-electron chi connectivity index (χ0n) is 7.91. The maximum Gasteiger partial charge on any atom is 0.0932 e. The van der Waals surface area contributed by atoms with Crippen LogP contribution < -0.4 is 0 Å². The van der Waals surface area contributed by atoms with Crippen molar-refractivity contribution in [3.8, 4) is 0 Å². The molecule has 13 heavy (non-hydrogen) atoms. The number of hydrogen-bond acceptors (Lipinski definition) is 2. The molecule has 0 aliphatic heterocycles. The minimum atomic E-state index is 0.948. The van der Waals surface area contributed by atoms with Crippen molar-refractivity contribution in [1.29, 1.82) is 0 Å². The molecule has 0 saturated carbocycles. The Balaban J connectivity index is 2.79. The number of rotatable bonds is 1. The van der Waals surface area contributed by atoms with Crippen LogP contribution in [0.1, 0.15) is 18.2 Å². The molecule has 2 nitrogen and oxygen atoms in total. The lowest BCUT2D eigenvalue weighted by Gasteiger charge is -2.04. The van der Waals surface area contributed by atoms with Crippen LogP contribution in [0.15, 0.2) is 24.3 Å². The number of benzene rings is 1. The minimum Gasteiger partial charge on any atom is -0.155 e. The van der Waals surface area contributed by atoms with E-state index in [-0.39, 0.29) is 0 Å². The summed E-state index contributed by atoms with van der Waals surface area (Å²) in [5, 5.41) is 9.55. The Kier molecular flexibility index (Phi) is 1.97. The predicted octanol–water partition coefficient (Wildman–Crippen LogP) is 2.50. The second-order valence-electron chi connectivity index (χ2n) is 3.14. The molecule has 1 aromatic carbocycles. The molecule has 0 spiro atoms. The summed E-state index contributed by atoms with van der Waals surface area (Å²) in [6.07, 6.45) is 0.948. The maximum absolute atomic E-state index is 4.17. The zero-order valence-corrected chi connectivity index (χ0v) is 7.91. The largest absolute Gasteiger partial charge is 0.155 e. The summed E-state index contributed by atoms with van der Waals surface area (Å²) < 4.78 is 0. The molecular weight excluding hydrogens is 160 g/mol. The van der Waals surface area contributed by atoms with Crippen LogP contribution in [0.3, 0.4) is 0 Å². The van der Waals surface area contributed by atoms with Crippen LogP contribution in [0, 0.1) is 6.92 Å². The smallest absolute Gasteiger partial charge is 0.0932 e. The first-order chi connectivity index (χ1) is 6.33. The van der Waals surface area contributed by atoms with Crippen molar-refractivity contribution in [3.63, 3.8) is 0 Å². The fraction of sp³-hybridized carbons (Fsp3) is 0.273. The van der Waals surface area contributed by atoms with Crippen LogP contribution in [-0.4, -0.2) is 10.2 Å². The highest BCUT2D eigenvalue weighted by molar-refractivity contribution is 5.81. The lowest BCUT2D eigenvalue weighted by Crippen LogP contribution is -1.96. The standard InChI is InChI=1S/C11H12N2/c1-3-10-8(2)9-6-4-5-7-11(9)13-12-10/h4-7H,3H2,1-2H3. The highest BCUT2D eigenvalue weighted by Crippen LogP contribution is 2.17. The first-order valence-electron chi connectivity index (χ1n) is 4.54. The molecular formula is C11H12N2. The quantitative estimate of drug-likeness (QED) is 0.660. The summed E-state index contributed by atoms with van der Waals surface area (Å²) in [4.78, 5) is 0. The van der Waals surface area contributed by atoms with Crippen LogP contribution in [0.4, 0.5) is 0 Å². The van der Waals surface area contributed by atoms with Crippen LogP contribution in [0.2, 0.25) is 0 Å². The monoisotopic (exact) mass is 172 g/mol. The van der Waals surface area contributed by atoms with Gasteiger partial charge in [-0.1, -0.05) is 25.1 Å². The molecule has 2 aromatic rings. The highest BCUT2D eigenvalue weighted by atomic mass is 15.1. The average molecular weight is 172 g/mol. The van der Waals surface area contributed by atoms with Crippen LogP contribution in [0.25, 0.3) is 10.9 Å². The Hall–Kier alpha value is -1.44. The van der Waals surface area contributed by atoms with Gasteiger partial charge in [-0.15, -0.1) is 0 Å². The average Bonchev–Trinajstić information content (AvgIpc) is 2.19. The van der Waals surface area contributed by atoms with Gasteiger partial charge in [0.2, 0.25) is 0 Å². The van der Waals surface area contributed by atoms with Crippen LogP contribution in [-0.2, 0) is 6.42 Å². The van der Waals surface area contributed by atoms with Crippen LogP contribution in [0.5, 0.6) is 0 Å². The van der Waals surface area contributed by atoms with Crippen molar-refractivity contribution >= 4 is 10.9 Å². The van der Waals surface area contributed by atoms with E-state index in [1.807, 2.05) is 18.2 Å². The van der Waals surface area contributed by atoms with Crippen LogP contribution >= 0.6 is 0 Å². The van der Waals surface area contributed by atoms with Gasteiger partial charge >= 0.3 is 0 Å². The first-order valence-corrected chi connectivity index (χ1v) is 4.54. The molecule has 1 aromatic heterocycles. The molecule has 2 heteroatoms. The second kappa shape index (κ2) is 3.13. The molecule has 0 atom stereocenters. The molecule has 0 N–H and O–H groups in total. The van der Waals surface area contributed by atoms with Crippen molar-refractivity contribution < 1.29 is 0 Å². The lowest BCUT2D eigenvalue weighted by atomic mass is 10.1. The van der Waals surface area contributed by atoms with Crippen molar-refractivity contribution in [1.82, 2.24) is 10.2 Å². The van der Waals surface area contributed by atoms with E-state index in [4.69, 9.17) is 0 Å². The van der Waals surface area contributed by atoms with E-state index in [0.717, 1.165) is 17.6 Å². The molecule has 0 saturated heterocycles. The fourth-order valence-electron chi connectivity index (χ4n) is 1.56. The molecule has 0 amide bonds. The normalized spacial score (nSPS) is 10.6. The molecule has 66 valence electrons. The predicted molar refractivity (Wildman–Crippen MR) is 53.7 cm³/mol. The third-order valence-electron chi connectivity index (χ3n) is 2.35. The van der Waals surface area contributed by atoms with Gasteiger partial charge in [-0.25, -0.2) is 0 Å². The molecule has 0 bridgehead atoms. The summed E-state index contributed by atoms with van der Waals surface area (Å²) in [5.74, 6) is 0. The molecule has 0 radical (unpaired) electrons. The summed E-state index contributed by atoms with van der Waals surface area (Å²) in [6, 6.07) is 8.12. The van der Waals surface area contributed by atoms with E-state index < -0.39 is 0 Å². The van der Waals surface area contributed by atoms with Gasteiger partial charge in [0.15, 0.2) is 0 Å². The number of aryl methyl sites for hydroxylation is 2. The van der Waals surface area contributed by atoms with Crippen molar-refractivity contribution in [2.75, 3.05) is 0 Å². The molecule has 0 aliphatic carbocycles. The van der Waals surface area contributed by atoms with Gasteiger partial charge in [-0.05, 0) is 25.0 Å². The van der Waals surface area contributed by atoms with E-state index in [0.29, 0.717) is 0 Å². The number of fused-ring (bicyclic) bond motifs is 1. The Morgan fingerprint density at radius 1 is 1.15 bits per heavy atom. The Labute approximate surface area is 77.6 Å². The molecule has 0 unspecified atom stereocenters. The number of aromatic nitrogens is 2. The minimum absolute atomic E-state index is 0.948. The van der Waals surface area contributed by atoms with E-state index >= 15 is 0 Å². The molecule has 1 heterocycles.